The Bertz CT molecular complexity index is 448. The predicted octanol–water partition coefficient (Wildman–Crippen LogP) is -0.428. The van der Waals surface area contributed by atoms with Crippen LogP contribution in [0.5, 0.6) is 0 Å². The van der Waals surface area contributed by atoms with Crippen LogP contribution in [-0.4, -0.2) is 76.0 Å². The third-order valence-corrected chi connectivity index (χ3v) is 5.44. The van der Waals surface area contributed by atoms with Crippen molar-refractivity contribution in [3.63, 3.8) is 0 Å². The highest BCUT2D eigenvalue weighted by Crippen LogP contribution is 2.33. The molecule has 3 aliphatic rings. The van der Waals surface area contributed by atoms with Gasteiger partial charge in [-0.2, -0.15) is 11.8 Å². The number of aliphatic hydroxyl groups is 2. The number of nitrogens with one attached hydrogen (secondary N) is 1. The first-order chi connectivity index (χ1) is 11.4. The van der Waals surface area contributed by atoms with E-state index in [1.807, 2.05) is 0 Å². The minimum Gasteiger partial charge on any atom is -0.480 e. The number of carboxylic acids is 1. The molecule has 9 heteroatoms. The topological polar surface area (TPSA) is 125 Å². The standard InChI is InChI=1S/C15H25NO7S/c1-8(17)16-10(14(20)21)6-24-7-11-9-4-2-3-5-22-15(23-11)13(19)12(9)18/h9-13,15,18-19H,2-7H2,1H3,(H,16,17)(H,20,21)/t9?,10-,11?,12?,13?,15?/m0/s1. The second-order valence-corrected chi connectivity index (χ2v) is 7.26. The Labute approximate surface area is 144 Å². The molecule has 0 saturated carbocycles. The summed E-state index contributed by atoms with van der Waals surface area (Å²) in [4.78, 5) is 22.2. The van der Waals surface area contributed by atoms with Crippen LogP contribution in [0.25, 0.3) is 0 Å². The number of fused-ring (bicyclic) bond motifs is 6. The number of amides is 1. The Hall–Kier alpha value is -0.870. The molecule has 0 aromatic carbocycles. The summed E-state index contributed by atoms with van der Waals surface area (Å²) < 4.78 is 11.3. The summed E-state index contributed by atoms with van der Waals surface area (Å²) >= 11 is 1.34. The maximum absolute atomic E-state index is 11.1. The van der Waals surface area contributed by atoms with Gasteiger partial charge in [0, 0.05) is 31.0 Å². The van der Waals surface area contributed by atoms with Crippen molar-refractivity contribution in [1.82, 2.24) is 5.32 Å². The average Bonchev–Trinajstić information content (AvgIpc) is 2.65. The maximum Gasteiger partial charge on any atom is 0.327 e. The van der Waals surface area contributed by atoms with E-state index in [0.29, 0.717) is 18.8 Å². The monoisotopic (exact) mass is 363 g/mol. The zero-order chi connectivity index (χ0) is 17.7. The highest BCUT2D eigenvalue weighted by Gasteiger charge is 2.45. The van der Waals surface area contributed by atoms with Crippen LogP contribution in [0.4, 0.5) is 0 Å². The van der Waals surface area contributed by atoms with E-state index in [4.69, 9.17) is 14.6 Å². The van der Waals surface area contributed by atoms with E-state index >= 15 is 0 Å². The molecule has 138 valence electrons. The number of thioether (sulfide) groups is 1. The molecule has 3 heterocycles. The zero-order valence-electron chi connectivity index (χ0n) is 13.6. The van der Waals surface area contributed by atoms with E-state index in [2.05, 4.69) is 5.32 Å². The van der Waals surface area contributed by atoms with Crippen molar-refractivity contribution < 1.29 is 34.4 Å². The van der Waals surface area contributed by atoms with Gasteiger partial charge in [0.25, 0.3) is 0 Å². The lowest BCUT2D eigenvalue weighted by Crippen LogP contribution is -2.55. The lowest BCUT2D eigenvalue weighted by atomic mass is 9.86. The first-order valence-electron chi connectivity index (χ1n) is 8.11. The van der Waals surface area contributed by atoms with Crippen molar-refractivity contribution in [3.05, 3.63) is 0 Å². The third kappa shape index (κ3) is 5.06. The minimum absolute atomic E-state index is 0.200. The Kier molecular flexibility index (Phi) is 7.30. The van der Waals surface area contributed by atoms with Crippen molar-refractivity contribution in [2.75, 3.05) is 18.1 Å². The Morgan fingerprint density at radius 3 is 2.71 bits per heavy atom. The molecule has 3 fully saturated rings. The van der Waals surface area contributed by atoms with E-state index in [9.17, 15) is 19.8 Å². The van der Waals surface area contributed by atoms with Gasteiger partial charge in [-0.05, 0) is 12.8 Å². The predicted molar refractivity (Wildman–Crippen MR) is 86.5 cm³/mol. The molecule has 5 unspecified atom stereocenters. The van der Waals surface area contributed by atoms with Crippen LogP contribution in [0.1, 0.15) is 26.2 Å². The van der Waals surface area contributed by atoms with Gasteiger partial charge in [-0.3, -0.25) is 4.79 Å². The zero-order valence-corrected chi connectivity index (χ0v) is 14.4. The molecule has 0 aromatic heterocycles. The number of aliphatic carboxylic acids is 1. The summed E-state index contributed by atoms with van der Waals surface area (Å²) in [6.07, 6.45) is -0.741. The molecule has 0 spiro atoms. The molecule has 3 saturated heterocycles. The number of rotatable bonds is 6. The molecule has 8 nitrogen and oxygen atoms in total. The second kappa shape index (κ2) is 9.00. The van der Waals surface area contributed by atoms with Crippen LogP contribution < -0.4 is 5.32 Å². The summed E-state index contributed by atoms with van der Waals surface area (Å²) in [6, 6.07) is -0.965. The van der Waals surface area contributed by atoms with E-state index in [0.717, 1.165) is 12.8 Å². The maximum atomic E-state index is 11.1. The van der Waals surface area contributed by atoms with Gasteiger partial charge < -0.3 is 30.1 Å². The molecule has 6 atom stereocenters. The molecule has 2 bridgehead atoms. The van der Waals surface area contributed by atoms with Crippen molar-refractivity contribution in [1.29, 1.82) is 0 Å². The van der Waals surface area contributed by atoms with Crippen molar-refractivity contribution in [3.8, 4) is 0 Å². The van der Waals surface area contributed by atoms with Gasteiger partial charge in [0.05, 0.1) is 12.2 Å². The summed E-state index contributed by atoms with van der Waals surface area (Å²) in [7, 11) is 0. The Balaban J connectivity index is 1.93. The molecule has 4 N–H and O–H groups in total. The minimum atomic E-state index is -1.09. The molecule has 0 aliphatic carbocycles. The fraction of sp³-hybridized carbons (Fsp3) is 0.867. The summed E-state index contributed by atoms with van der Waals surface area (Å²) in [5, 5.41) is 31.9. The number of carbonyl (C=O) groups is 2. The van der Waals surface area contributed by atoms with Crippen molar-refractivity contribution >= 4 is 23.6 Å². The van der Waals surface area contributed by atoms with Crippen molar-refractivity contribution in [2.24, 2.45) is 5.92 Å². The lowest BCUT2D eigenvalue weighted by Gasteiger charge is -2.42. The smallest absolute Gasteiger partial charge is 0.327 e. The molecular formula is C15H25NO7S. The molecule has 3 aliphatic heterocycles. The van der Waals surface area contributed by atoms with Crippen LogP contribution in [0.2, 0.25) is 0 Å². The summed E-state index contributed by atoms with van der Waals surface area (Å²) in [6.45, 7) is 1.75. The number of aliphatic hydroxyl groups excluding tert-OH is 2. The van der Waals surface area contributed by atoms with Gasteiger partial charge in [-0.25, -0.2) is 4.79 Å². The van der Waals surface area contributed by atoms with Gasteiger partial charge in [0.2, 0.25) is 5.91 Å². The summed E-state index contributed by atoms with van der Waals surface area (Å²) in [5.41, 5.74) is 0. The highest BCUT2D eigenvalue weighted by molar-refractivity contribution is 7.99. The molecule has 24 heavy (non-hydrogen) atoms. The highest BCUT2D eigenvalue weighted by atomic mass is 32.2. The fourth-order valence-corrected chi connectivity index (χ4v) is 4.20. The number of hydrogen-bond donors (Lipinski definition) is 4. The van der Waals surface area contributed by atoms with Gasteiger partial charge in [-0.15, -0.1) is 0 Å². The number of hydrogen-bond acceptors (Lipinski definition) is 7. The first-order valence-corrected chi connectivity index (χ1v) is 9.26. The lowest BCUT2D eigenvalue weighted by molar-refractivity contribution is -0.277. The molecule has 1 amide bonds. The Morgan fingerprint density at radius 2 is 2.04 bits per heavy atom. The van der Waals surface area contributed by atoms with Crippen LogP contribution >= 0.6 is 11.8 Å². The quantitative estimate of drug-likeness (QED) is 0.501. The molecule has 0 aromatic rings. The van der Waals surface area contributed by atoms with Gasteiger partial charge in [0.1, 0.15) is 12.1 Å². The van der Waals surface area contributed by atoms with Gasteiger partial charge in [-0.1, -0.05) is 6.42 Å². The Morgan fingerprint density at radius 1 is 1.29 bits per heavy atom. The largest absolute Gasteiger partial charge is 0.480 e. The van der Waals surface area contributed by atoms with Crippen LogP contribution in [0.15, 0.2) is 0 Å². The second-order valence-electron chi connectivity index (χ2n) is 6.18. The molecule has 0 radical (unpaired) electrons. The fourth-order valence-electron chi connectivity index (χ4n) is 3.05. The molecular weight excluding hydrogens is 338 g/mol. The van der Waals surface area contributed by atoms with E-state index in [-0.39, 0.29) is 17.8 Å². The van der Waals surface area contributed by atoms with Gasteiger partial charge in [0.15, 0.2) is 6.29 Å². The number of carbonyl (C=O) groups excluding carboxylic acids is 1. The number of ether oxygens (including phenoxy) is 2. The van der Waals surface area contributed by atoms with E-state index in [1.54, 1.807) is 0 Å². The van der Waals surface area contributed by atoms with Crippen molar-refractivity contribution in [2.45, 2.75) is 56.8 Å². The number of carboxylic acid groups (broad SMARTS) is 1. The normalized spacial score (nSPS) is 34.7. The van der Waals surface area contributed by atoms with Crippen LogP contribution in [-0.2, 0) is 19.1 Å². The van der Waals surface area contributed by atoms with Crippen LogP contribution in [0.3, 0.4) is 0 Å². The van der Waals surface area contributed by atoms with E-state index in [1.165, 1.54) is 18.7 Å². The van der Waals surface area contributed by atoms with Crippen LogP contribution in [0, 0.1) is 5.92 Å². The average molecular weight is 363 g/mol. The first kappa shape index (κ1) is 19.5. The van der Waals surface area contributed by atoms with E-state index < -0.39 is 36.4 Å². The molecule has 3 rings (SSSR count). The SMILES string of the molecule is CC(=O)N[C@@H](CSCC1OC2OCCCCC1C(O)C2O)C(=O)O. The third-order valence-electron chi connectivity index (χ3n) is 4.31. The van der Waals surface area contributed by atoms with Gasteiger partial charge >= 0.3 is 5.97 Å². The summed E-state index contributed by atoms with van der Waals surface area (Å²) in [5.74, 6) is -1.04.